The maximum absolute atomic E-state index is 14.6. The molecule has 2 heterocycles. The molecule has 0 aromatic carbocycles. The summed E-state index contributed by atoms with van der Waals surface area (Å²) >= 11 is 0. The highest BCUT2D eigenvalue weighted by Crippen LogP contribution is 2.43. The Morgan fingerprint density at radius 2 is 1.87 bits per heavy atom. The lowest BCUT2D eigenvalue weighted by atomic mass is 9.49. The van der Waals surface area contributed by atoms with Gasteiger partial charge in [-0.1, -0.05) is 32.4 Å². The number of amides is 1. The molecule has 0 spiro atoms. The van der Waals surface area contributed by atoms with E-state index in [0.717, 1.165) is 32.1 Å². The van der Waals surface area contributed by atoms with Gasteiger partial charge in [0.05, 0.1) is 29.2 Å². The first-order chi connectivity index (χ1) is 14.0. The molecule has 2 fully saturated rings. The second kappa shape index (κ2) is 8.93. The van der Waals surface area contributed by atoms with Crippen LogP contribution in [0.5, 0.6) is 0 Å². The lowest BCUT2D eigenvalue weighted by Gasteiger charge is -2.39. The number of hydrogen-bond acceptors (Lipinski definition) is 4. The van der Waals surface area contributed by atoms with Crippen molar-refractivity contribution in [1.29, 1.82) is 0 Å². The molecule has 1 N–H and O–H groups in total. The summed E-state index contributed by atoms with van der Waals surface area (Å²) in [5.74, 6) is -0.623. The van der Waals surface area contributed by atoms with E-state index >= 15 is 0 Å². The molecule has 2 aliphatic rings. The minimum Gasteiger partial charge on any atom is -0.371 e. The molecule has 9 heteroatoms. The summed E-state index contributed by atoms with van der Waals surface area (Å²) in [6.07, 6.45) is 5.01. The van der Waals surface area contributed by atoms with Crippen LogP contribution in [0.3, 0.4) is 0 Å². The SMILES string of the molecule is [B]C([B])([B])NC(=O)c1ccc(N2CCN(C3CCC(C(C)(C)CC)C3)CC2)c(F)n1. The van der Waals surface area contributed by atoms with Crippen molar-refractivity contribution in [2.45, 2.75) is 57.7 Å². The fourth-order valence-electron chi connectivity index (χ4n) is 4.67. The number of nitrogens with one attached hydrogen (secondary N) is 1. The highest BCUT2D eigenvalue weighted by molar-refractivity contribution is 6.60. The van der Waals surface area contributed by atoms with Crippen LogP contribution >= 0.6 is 0 Å². The van der Waals surface area contributed by atoms with Crippen molar-refractivity contribution >= 4 is 35.1 Å². The molecule has 1 aliphatic heterocycles. The maximum Gasteiger partial charge on any atom is 0.268 e. The van der Waals surface area contributed by atoms with Gasteiger partial charge in [0.2, 0.25) is 5.95 Å². The predicted molar refractivity (Wildman–Crippen MR) is 121 cm³/mol. The lowest BCUT2D eigenvalue weighted by Crippen LogP contribution is -2.51. The van der Waals surface area contributed by atoms with Crippen molar-refractivity contribution in [2.75, 3.05) is 31.1 Å². The zero-order chi connectivity index (χ0) is 22.1. The number of anilines is 1. The topological polar surface area (TPSA) is 48.5 Å². The Kier molecular flexibility index (Phi) is 6.90. The van der Waals surface area contributed by atoms with Crippen LogP contribution in [0.2, 0.25) is 0 Å². The smallest absolute Gasteiger partial charge is 0.268 e. The van der Waals surface area contributed by atoms with E-state index in [1.54, 1.807) is 6.07 Å². The van der Waals surface area contributed by atoms with Crippen LogP contribution in [0.1, 0.15) is 56.9 Å². The van der Waals surface area contributed by atoms with Crippen LogP contribution < -0.4 is 10.2 Å². The molecule has 2 unspecified atom stereocenters. The van der Waals surface area contributed by atoms with E-state index in [-0.39, 0.29) is 5.69 Å². The molecule has 30 heavy (non-hydrogen) atoms. The van der Waals surface area contributed by atoms with Gasteiger partial charge < -0.3 is 10.2 Å². The van der Waals surface area contributed by atoms with Gasteiger partial charge in [-0.3, -0.25) is 9.69 Å². The summed E-state index contributed by atoms with van der Waals surface area (Å²) in [5, 5.41) is 0.283. The summed E-state index contributed by atoms with van der Waals surface area (Å²) in [6, 6.07) is 3.66. The number of halogens is 1. The van der Waals surface area contributed by atoms with Crippen molar-refractivity contribution in [2.24, 2.45) is 11.3 Å². The van der Waals surface area contributed by atoms with Gasteiger partial charge in [-0.2, -0.15) is 4.39 Å². The molecule has 5 nitrogen and oxygen atoms in total. The Balaban J connectivity index is 1.57. The molecule has 156 valence electrons. The molecule has 1 aromatic heterocycles. The largest absolute Gasteiger partial charge is 0.371 e. The van der Waals surface area contributed by atoms with E-state index in [1.807, 2.05) is 4.90 Å². The summed E-state index contributed by atoms with van der Waals surface area (Å²) in [7, 11) is 16.1. The first-order valence-corrected chi connectivity index (χ1v) is 10.8. The quantitative estimate of drug-likeness (QED) is 0.579. The van der Waals surface area contributed by atoms with Crippen molar-refractivity contribution in [3.63, 3.8) is 0 Å². The van der Waals surface area contributed by atoms with Gasteiger partial charge in [-0.25, -0.2) is 4.98 Å². The van der Waals surface area contributed by atoms with Crippen LogP contribution in [0.4, 0.5) is 10.1 Å². The first-order valence-electron chi connectivity index (χ1n) is 10.8. The van der Waals surface area contributed by atoms with E-state index < -0.39 is 17.1 Å². The summed E-state index contributed by atoms with van der Waals surface area (Å²) in [6.45, 7) is 10.3. The van der Waals surface area contributed by atoms with Crippen LogP contribution in [0, 0.1) is 17.3 Å². The van der Waals surface area contributed by atoms with Crippen LogP contribution in [0.15, 0.2) is 12.1 Å². The van der Waals surface area contributed by atoms with Crippen molar-refractivity contribution in [3.05, 3.63) is 23.8 Å². The van der Waals surface area contributed by atoms with Gasteiger partial charge in [0.25, 0.3) is 5.91 Å². The minimum absolute atomic E-state index is 0.115. The van der Waals surface area contributed by atoms with Gasteiger partial charge in [0.1, 0.15) is 5.69 Å². The predicted octanol–water partition coefficient (Wildman–Crippen LogP) is 1.79. The second-order valence-electron chi connectivity index (χ2n) is 9.42. The highest BCUT2D eigenvalue weighted by Gasteiger charge is 2.38. The standard InChI is InChI=1S/C21H30B3FN4O/c1-4-20(2,3)14-5-6-15(13-14)28-9-11-29(12-10-28)17-8-7-16(26-18(17)25)19(30)27-21(22,23)24/h7-8,14-15H,4-6,9-13H2,1-3H3,(H,27,30). The molecule has 1 saturated carbocycles. The zero-order valence-corrected chi connectivity index (χ0v) is 18.3. The van der Waals surface area contributed by atoms with Gasteiger partial charge >= 0.3 is 0 Å². The number of nitrogens with zero attached hydrogens (tertiary/aromatic N) is 3. The average Bonchev–Trinajstić information content (AvgIpc) is 3.18. The van der Waals surface area contributed by atoms with Gasteiger partial charge in [0, 0.05) is 32.2 Å². The number of rotatable bonds is 6. The zero-order valence-electron chi connectivity index (χ0n) is 18.3. The fourth-order valence-corrected chi connectivity index (χ4v) is 4.67. The normalized spacial score (nSPS) is 23.5. The highest BCUT2D eigenvalue weighted by atomic mass is 19.1. The Morgan fingerprint density at radius 1 is 1.20 bits per heavy atom. The van der Waals surface area contributed by atoms with Crippen molar-refractivity contribution in [1.82, 2.24) is 15.2 Å². The van der Waals surface area contributed by atoms with Gasteiger partial charge in [0.15, 0.2) is 0 Å². The molecular formula is C21H30B3FN4O. The number of aromatic nitrogens is 1. The summed E-state index contributed by atoms with van der Waals surface area (Å²) in [4.78, 5) is 20.3. The lowest BCUT2D eigenvalue weighted by molar-refractivity contribution is 0.0946. The van der Waals surface area contributed by atoms with Crippen LogP contribution in [-0.2, 0) is 0 Å². The van der Waals surface area contributed by atoms with Crippen molar-refractivity contribution in [3.8, 4) is 0 Å². The van der Waals surface area contributed by atoms with Crippen molar-refractivity contribution < 1.29 is 9.18 Å². The molecule has 1 amide bonds. The van der Waals surface area contributed by atoms with Gasteiger partial charge in [-0.15, -0.1) is 0 Å². The van der Waals surface area contributed by atoms with E-state index in [2.05, 4.69) is 36.0 Å². The number of hydrogen-bond donors (Lipinski definition) is 1. The number of carbonyl (C=O) groups is 1. The third kappa shape index (κ3) is 5.40. The molecule has 1 aromatic rings. The van der Waals surface area contributed by atoms with E-state index in [9.17, 15) is 9.18 Å². The second-order valence-corrected chi connectivity index (χ2v) is 9.42. The molecule has 1 aliphatic carbocycles. The molecule has 1 saturated heterocycles. The number of carbonyl (C=O) groups excluding carboxylic acids is 1. The molecule has 6 radical (unpaired) electrons. The molecule has 3 rings (SSSR count). The Labute approximate surface area is 183 Å². The van der Waals surface area contributed by atoms with E-state index in [1.165, 1.54) is 31.7 Å². The Morgan fingerprint density at radius 3 is 2.43 bits per heavy atom. The minimum atomic E-state index is -1.88. The van der Waals surface area contributed by atoms with Crippen LogP contribution in [0.25, 0.3) is 0 Å². The Bertz CT molecular complexity index is 763. The van der Waals surface area contributed by atoms with E-state index in [4.69, 9.17) is 23.5 Å². The van der Waals surface area contributed by atoms with Gasteiger partial charge in [-0.05, 0) is 42.7 Å². The molecular weight excluding hydrogens is 376 g/mol. The monoisotopic (exact) mass is 406 g/mol. The Hall–Kier alpha value is -1.50. The number of pyridine rings is 1. The van der Waals surface area contributed by atoms with Crippen LogP contribution in [-0.4, -0.2) is 76.8 Å². The third-order valence-electron chi connectivity index (χ3n) is 6.98. The average molecular weight is 406 g/mol. The molecule has 2 atom stereocenters. The van der Waals surface area contributed by atoms with E-state index in [0.29, 0.717) is 17.1 Å². The molecule has 0 bridgehead atoms. The summed E-state index contributed by atoms with van der Waals surface area (Å²) in [5.41, 5.74) is 0.690. The number of piperazine rings is 1. The fraction of sp³-hybridized carbons (Fsp3) is 0.714. The maximum atomic E-state index is 14.6. The third-order valence-corrected chi connectivity index (χ3v) is 6.98. The summed E-state index contributed by atoms with van der Waals surface area (Å²) < 4.78 is 14.6. The first kappa shape index (κ1) is 23.2.